The number of hydrogen-bond donors (Lipinski definition) is 0. The largest absolute Gasteiger partial charge is 0.485 e. The second kappa shape index (κ2) is 8.59. The first-order chi connectivity index (χ1) is 14.2. The average molecular weight is 399 g/mol. The van der Waals surface area contributed by atoms with Gasteiger partial charge in [0.2, 0.25) is 5.16 Å². The fourth-order valence-corrected chi connectivity index (χ4v) is 3.65. The minimum Gasteiger partial charge on any atom is -0.485 e. The number of rotatable bonds is 6. The molecule has 2 heterocycles. The van der Waals surface area contributed by atoms with E-state index in [2.05, 4.69) is 21.3 Å². The number of nitriles is 1. The van der Waals surface area contributed by atoms with Crippen molar-refractivity contribution in [2.45, 2.75) is 23.7 Å². The van der Waals surface area contributed by atoms with E-state index in [4.69, 9.17) is 10.00 Å². The van der Waals surface area contributed by atoms with E-state index < -0.39 is 0 Å². The standard InChI is InChI=1S/C22H17N5OS/c1-16-8-5-6-12-19(16)28-15-20-25-26-22(27(20)18-10-3-2-4-11-18)29-21-13-7-9-17(14-23)24-21/h2-13H,15H2,1H3. The van der Waals surface area contributed by atoms with Crippen molar-refractivity contribution in [3.63, 3.8) is 0 Å². The van der Waals surface area contributed by atoms with Crippen molar-refractivity contribution in [1.29, 1.82) is 5.26 Å². The smallest absolute Gasteiger partial charge is 0.202 e. The van der Waals surface area contributed by atoms with Crippen LogP contribution in [0.25, 0.3) is 5.69 Å². The highest BCUT2D eigenvalue weighted by molar-refractivity contribution is 7.99. The van der Waals surface area contributed by atoms with E-state index in [0.717, 1.165) is 17.0 Å². The Hall–Kier alpha value is -3.63. The van der Waals surface area contributed by atoms with Crippen LogP contribution in [0.3, 0.4) is 0 Å². The van der Waals surface area contributed by atoms with Crippen LogP contribution in [0.5, 0.6) is 5.75 Å². The van der Waals surface area contributed by atoms with Gasteiger partial charge in [0, 0.05) is 5.69 Å². The van der Waals surface area contributed by atoms with Crippen LogP contribution >= 0.6 is 11.8 Å². The van der Waals surface area contributed by atoms with Crippen LogP contribution in [0.1, 0.15) is 17.1 Å². The number of aryl methyl sites for hydroxylation is 1. The molecule has 0 unspecified atom stereocenters. The summed E-state index contributed by atoms with van der Waals surface area (Å²) in [7, 11) is 0. The molecule has 0 bridgehead atoms. The molecule has 4 aromatic rings. The monoisotopic (exact) mass is 399 g/mol. The normalized spacial score (nSPS) is 10.5. The lowest BCUT2D eigenvalue weighted by Gasteiger charge is -2.12. The van der Waals surface area contributed by atoms with Crippen molar-refractivity contribution in [3.05, 3.63) is 89.9 Å². The lowest BCUT2D eigenvalue weighted by Crippen LogP contribution is -2.07. The Morgan fingerprint density at radius 3 is 2.55 bits per heavy atom. The molecule has 0 N–H and O–H groups in total. The number of hydrogen-bond acceptors (Lipinski definition) is 6. The summed E-state index contributed by atoms with van der Waals surface area (Å²) in [6.07, 6.45) is 0. The summed E-state index contributed by atoms with van der Waals surface area (Å²) in [4.78, 5) is 4.33. The molecule has 0 fully saturated rings. The first-order valence-corrected chi connectivity index (χ1v) is 9.79. The van der Waals surface area contributed by atoms with Gasteiger partial charge in [-0.05, 0) is 54.6 Å². The van der Waals surface area contributed by atoms with Gasteiger partial charge >= 0.3 is 0 Å². The number of pyridine rings is 1. The first-order valence-electron chi connectivity index (χ1n) is 8.98. The van der Waals surface area contributed by atoms with Crippen molar-refractivity contribution in [1.82, 2.24) is 19.7 Å². The lowest BCUT2D eigenvalue weighted by atomic mass is 10.2. The molecule has 6 nitrogen and oxygen atoms in total. The van der Waals surface area contributed by atoms with Gasteiger partial charge < -0.3 is 4.74 Å². The van der Waals surface area contributed by atoms with Gasteiger partial charge in [0.25, 0.3) is 0 Å². The molecule has 2 aromatic carbocycles. The molecule has 29 heavy (non-hydrogen) atoms. The summed E-state index contributed by atoms with van der Waals surface area (Å²) in [5.41, 5.74) is 2.36. The fraction of sp³-hybridized carbons (Fsp3) is 0.0909. The molecular formula is C22H17N5OS. The van der Waals surface area contributed by atoms with Crippen LogP contribution in [-0.4, -0.2) is 19.7 Å². The third-order valence-corrected chi connectivity index (χ3v) is 5.08. The third kappa shape index (κ3) is 4.28. The zero-order valence-electron chi connectivity index (χ0n) is 15.7. The molecule has 142 valence electrons. The van der Waals surface area contributed by atoms with E-state index in [0.29, 0.717) is 21.7 Å². The Morgan fingerprint density at radius 2 is 1.76 bits per heavy atom. The maximum Gasteiger partial charge on any atom is 0.202 e. The highest BCUT2D eigenvalue weighted by atomic mass is 32.2. The van der Waals surface area contributed by atoms with Gasteiger partial charge in [-0.1, -0.05) is 42.5 Å². The van der Waals surface area contributed by atoms with E-state index in [1.165, 1.54) is 11.8 Å². The highest BCUT2D eigenvalue weighted by Crippen LogP contribution is 2.28. The maximum atomic E-state index is 9.09. The molecule has 0 spiro atoms. The van der Waals surface area contributed by atoms with Gasteiger partial charge in [-0.2, -0.15) is 5.26 Å². The molecule has 0 aliphatic carbocycles. The first kappa shape index (κ1) is 18.7. The summed E-state index contributed by atoms with van der Waals surface area (Å²) in [5.74, 6) is 1.49. The highest BCUT2D eigenvalue weighted by Gasteiger charge is 2.16. The van der Waals surface area contributed by atoms with Crippen LogP contribution in [0.4, 0.5) is 0 Å². The summed E-state index contributed by atoms with van der Waals surface area (Å²) in [6, 6.07) is 25.1. The molecule has 7 heteroatoms. The van der Waals surface area contributed by atoms with Crippen molar-refractivity contribution in [3.8, 4) is 17.5 Å². The summed E-state index contributed by atoms with van der Waals surface area (Å²) in [6.45, 7) is 2.28. The molecular weight excluding hydrogens is 382 g/mol. The van der Waals surface area contributed by atoms with Crippen LogP contribution in [0.15, 0.2) is 83.0 Å². The van der Waals surface area contributed by atoms with E-state index in [1.54, 1.807) is 12.1 Å². The Bertz CT molecular complexity index is 1170. The summed E-state index contributed by atoms with van der Waals surface area (Å²) < 4.78 is 7.94. The zero-order valence-corrected chi connectivity index (χ0v) is 16.5. The van der Waals surface area contributed by atoms with E-state index >= 15 is 0 Å². The second-order valence-corrected chi connectivity index (χ2v) is 7.19. The number of aromatic nitrogens is 4. The Morgan fingerprint density at radius 1 is 0.966 bits per heavy atom. The zero-order chi connectivity index (χ0) is 20.1. The fourth-order valence-electron chi connectivity index (χ4n) is 2.78. The molecule has 0 saturated heterocycles. The predicted molar refractivity (Wildman–Crippen MR) is 110 cm³/mol. The predicted octanol–water partition coefficient (Wildman–Crippen LogP) is 4.57. The van der Waals surface area contributed by atoms with E-state index in [1.807, 2.05) is 72.2 Å². The minimum atomic E-state index is 0.277. The molecule has 2 aromatic heterocycles. The quantitative estimate of drug-likeness (QED) is 0.473. The van der Waals surface area contributed by atoms with Gasteiger partial charge in [0.1, 0.15) is 29.1 Å². The lowest BCUT2D eigenvalue weighted by molar-refractivity contribution is 0.291. The Kier molecular flexibility index (Phi) is 5.54. The minimum absolute atomic E-state index is 0.277. The second-order valence-electron chi connectivity index (χ2n) is 6.20. The summed E-state index contributed by atoms with van der Waals surface area (Å²) >= 11 is 1.36. The van der Waals surface area contributed by atoms with Crippen LogP contribution < -0.4 is 4.74 Å². The molecule has 0 aliphatic rings. The SMILES string of the molecule is Cc1ccccc1OCc1nnc(Sc2cccc(C#N)n2)n1-c1ccccc1. The van der Waals surface area contributed by atoms with Gasteiger partial charge in [-0.25, -0.2) is 4.98 Å². The number of para-hydroxylation sites is 2. The van der Waals surface area contributed by atoms with Crippen LogP contribution in [0, 0.1) is 18.3 Å². The van der Waals surface area contributed by atoms with E-state index in [-0.39, 0.29) is 6.61 Å². The van der Waals surface area contributed by atoms with Crippen molar-refractivity contribution in [2.24, 2.45) is 0 Å². The third-order valence-electron chi connectivity index (χ3n) is 4.20. The topological polar surface area (TPSA) is 76.6 Å². The molecule has 0 aliphatic heterocycles. The van der Waals surface area contributed by atoms with Crippen LogP contribution in [0.2, 0.25) is 0 Å². The van der Waals surface area contributed by atoms with Crippen molar-refractivity contribution >= 4 is 11.8 Å². The van der Waals surface area contributed by atoms with Crippen molar-refractivity contribution in [2.75, 3.05) is 0 Å². The molecule has 4 rings (SSSR count). The summed E-state index contributed by atoms with van der Waals surface area (Å²) in [5, 5.41) is 19.1. The number of nitrogens with zero attached hydrogens (tertiary/aromatic N) is 5. The number of benzene rings is 2. The molecule has 0 radical (unpaired) electrons. The maximum absolute atomic E-state index is 9.09. The van der Waals surface area contributed by atoms with Gasteiger partial charge in [0.15, 0.2) is 5.82 Å². The van der Waals surface area contributed by atoms with E-state index in [9.17, 15) is 0 Å². The van der Waals surface area contributed by atoms with Gasteiger partial charge in [-0.15, -0.1) is 10.2 Å². The van der Waals surface area contributed by atoms with Crippen LogP contribution in [-0.2, 0) is 6.61 Å². The number of ether oxygens (including phenoxy) is 1. The Labute approximate surface area is 172 Å². The van der Waals surface area contributed by atoms with Gasteiger partial charge in [0.05, 0.1) is 0 Å². The van der Waals surface area contributed by atoms with Crippen molar-refractivity contribution < 1.29 is 4.74 Å². The Balaban J connectivity index is 1.67. The van der Waals surface area contributed by atoms with Gasteiger partial charge in [-0.3, -0.25) is 4.57 Å². The average Bonchev–Trinajstić information content (AvgIpc) is 3.16. The molecule has 0 saturated carbocycles. The molecule has 0 amide bonds. The molecule has 0 atom stereocenters.